The SMILES string of the molecule is C#CCOc1ccc(CCNC(=O)NC(C)C(C)CO)cc1. The van der Waals surface area contributed by atoms with E-state index in [1.807, 2.05) is 38.1 Å². The first-order valence-corrected chi connectivity index (χ1v) is 7.37. The largest absolute Gasteiger partial charge is 0.481 e. The van der Waals surface area contributed by atoms with Crippen LogP contribution in [0.3, 0.4) is 0 Å². The molecule has 0 bridgehead atoms. The number of rotatable bonds is 8. The number of ether oxygens (including phenoxy) is 1. The molecule has 0 saturated carbocycles. The summed E-state index contributed by atoms with van der Waals surface area (Å²) in [5.74, 6) is 3.18. The molecule has 1 aromatic rings. The molecule has 2 unspecified atom stereocenters. The molecule has 0 heterocycles. The van der Waals surface area contributed by atoms with Crippen molar-refractivity contribution in [3.8, 4) is 18.1 Å². The lowest BCUT2D eigenvalue weighted by atomic mass is 10.1. The molecule has 22 heavy (non-hydrogen) atoms. The fourth-order valence-electron chi connectivity index (χ4n) is 1.76. The predicted molar refractivity (Wildman–Crippen MR) is 86.7 cm³/mol. The van der Waals surface area contributed by atoms with Crippen LogP contribution in [0.2, 0.25) is 0 Å². The number of aliphatic hydroxyl groups is 1. The van der Waals surface area contributed by atoms with Crippen LogP contribution in [0.25, 0.3) is 0 Å². The number of benzene rings is 1. The van der Waals surface area contributed by atoms with Gasteiger partial charge in [-0.2, -0.15) is 0 Å². The van der Waals surface area contributed by atoms with E-state index in [-0.39, 0.29) is 31.2 Å². The van der Waals surface area contributed by atoms with Gasteiger partial charge in [-0.05, 0) is 37.0 Å². The van der Waals surface area contributed by atoms with Gasteiger partial charge in [0.15, 0.2) is 0 Å². The van der Waals surface area contributed by atoms with Crippen molar-refractivity contribution in [2.24, 2.45) is 5.92 Å². The van der Waals surface area contributed by atoms with Crippen molar-refractivity contribution in [1.29, 1.82) is 0 Å². The summed E-state index contributed by atoms with van der Waals surface area (Å²) in [6, 6.07) is 7.32. The molecular formula is C17H24N2O3. The summed E-state index contributed by atoms with van der Waals surface area (Å²) in [7, 11) is 0. The monoisotopic (exact) mass is 304 g/mol. The van der Waals surface area contributed by atoms with Gasteiger partial charge in [-0.1, -0.05) is 25.0 Å². The first-order valence-electron chi connectivity index (χ1n) is 7.37. The molecule has 0 aliphatic rings. The fraction of sp³-hybridized carbons (Fsp3) is 0.471. The van der Waals surface area contributed by atoms with Gasteiger partial charge in [-0.15, -0.1) is 6.42 Å². The highest BCUT2D eigenvalue weighted by Gasteiger charge is 2.13. The summed E-state index contributed by atoms with van der Waals surface area (Å²) < 4.78 is 5.29. The van der Waals surface area contributed by atoms with Gasteiger partial charge in [0.05, 0.1) is 0 Å². The predicted octanol–water partition coefficient (Wildman–Crippen LogP) is 1.56. The highest BCUT2D eigenvalue weighted by atomic mass is 16.5. The van der Waals surface area contributed by atoms with Crippen LogP contribution in [-0.4, -0.2) is 36.9 Å². The van der Waals surface area contributed by atoms with E-state index in [0.717, 1.165) is 17.7 Å². The number of urea groups is 1. The zero-order chi connectivity index (χ0) is 16.4. The van der Waals surface area contributed by atoms with Gasteiger partial charge >= 0.3 is 6.03 Å². The maximum atomic E-state index is 11.7. The molecule has 0 spiro atoms. The zero-order valence-corrected chi connectivity index (χ0v) is 13.1. The third kappa shape index (κ3) is 6.51. The number of nitrogens with one attached hydrogen (secondary N) is 2. The van der Waals surface area contributed by atoms with Gasteiger partial charge in [0.1, 0.15) is 12.4 Å². The topological polar surface area (TPSA) is 70.6 Å². The Hall–Kier alpha value is -2.19. The van der Waals surface area contributed by atoms with E-state index in [9.17, 15) is 4.79 Å². The second kappa shape index (κ2) is 9.69. The lowest BCUT2D eigenvalue weighted by Gasteiger charge is -2.19. The summed E-state index contributed by atoms with van der Waals surface area (Å²) >= 11 is 0. The summed E-state index contributed by atoms with van der Waals surface area (Å²) in [5, 5.41) is 14.6. The minimum Gasteiger partial charge on any atom is -0.481 e. The lowest BCUT2D eigenvalue weighted by Crippen LogP contribution is -2.44. The summed E-state index contributed by atoms with van der Waals surface area (Å²) in [4.78, 5) is 11.7. The Labute approximate surface area is 132 Å². The molecule has 0 aliphatic carbocycles. The van der Waals surface area contributed by atoms with Crippen LogP contribution in [0.4, 0.5) is 4.79 Å². The lowest BCUT2D eigenvalue weighted by molar-refractivity contribution is 0.200. The van der Waals surface area contributed by atoms with E-state index in [1.54, 1.807) is 0 Å². The minimum absolute atomic E-state index is 0.0290. The first-order chi connectivity index (χ1) is 10.6. The third-order valence-electron chi connectivity index (χ3n) is 3.45. The number of carbonyl (C=O) groups is 1. The van der Waals surface area contributed by atoms with Crippen molar-refractivity contribution in [2.75, 3.05) is 19.8 Å². The average Bonchev–Trinajstić information content (AvgIpc) is 2.53. The second-order valence-corrected chi connectivity index (χ2v) is 5.24. The van der Waals surface area contributed by atoms with Crippen LogP contribution in [0.1, 0.15) is 19.4 Å². The number of carbonyl (C=O) groups excluding carboxylic acids is 1. The van der Waals surface area contributed by atoms with Crippen molar-refractivity contribution in [3.05, 3.63) is 29.8 Å². The molecule has 120 valence electrons. The Morgan fingerprint density at radius 1 is 1.36 bits per heavy atom. The van der Waals surface area contributed by atoms with Crippen molar-refractivity contribution in [3.63, 3.8) is 0 Å². The smallest absolute Gasteiger partial charge is 0.315 e. The molecule has 5 nitrogen and oxygen atoms in total. The van der Waals surface area contributed by atoms with Gasteiger partial charge in [-0.25, -0.2) is 4.79 Å². The molecule has 5 heteroatoms. The Kier molecular flexibility index (Phi) is 7.87. The molecule has 0 aliphatic heterocycles. The van der Waals surface area contributed by atoms with Gasteiger partial charge < -0.3 is 20.5 Å². The van der Waals surface area contributed by atoms with E-state index in [2.05, 4.69) is 16.6 Å². The molecular weight excluding hydrogens is 280 g/mol. The van der Waals surface area contributed by atoms with Crippen LogP contribution in [0.5, 0.6) is 5.75 Å². The van der Waals surface area contributed by atoms with E-state index in [1.165, 1.54) is 0 Å². The molecule has 2 amide bonds. The fourth-order valence-corrected chi connectivity index (χ4v) is 1.76. The van der Waals surface area contributed by atoms with Gasteiger partial charge in [0.25, 0.3) is 0 Å². The third-order valence-corrected chi connectivity index (χ3v) is 3.45. The molecule has 0 radical (unpaired) electrons. The van der Waals surface area contributed by atoms with Crippen molar-refractivity contribution >= 4 is 6.03 Å². The maximum Gasteiger partial charge on any atom is 0.315 e. The van der Waals surface area contributed by atoms with Crippen molar-refractivity contribution in [2.45, 2.75) is 26.3 Å². The van der Waals surface area contributed by atoms with E-state index in [4.69, 9.17) is 16.3 Å². The number of amides is 2. The Bertz CT molecular complexity index is 494. The molecule has 3 N–H and O–H groups in total. The maximum absolute atomic E-state index is 11.7. The molecule has 2 atom stereocenters. The number of hydrogen-bond donors (Lipinski definition) is 3. The number of aliphatic hydroxyl groups excluding tert-OH is 1. The van der Waals surface area contributed by atoms with E-state index >= 15 is 0 Å². The van der Waals surface area contributed by atoms with Crippen LogP contribution in [0, 0.1) is 18.3 Å². The van der Waals surface area contributed by atoms with Gasteiger partial charge in [0.2, 0.25) is 0 Å². The highest BCUT2D eigenvalue weighted by Crippen LogP contribution is 2.12. The molecule has 1 rings (SSSR count). The standard InChI is InChI=1S/C17H24N2O3/c1-4-11-22-16-7-5-15(6-8-16)9-10-18-17(21)19-14(3)13(2)12-20/h1,5-8,13-14,20H,9-12H2,2-3H3,(H2,18,19,21). The number of hydrogen-bond acceptors (Lipinski definition) is 3. The normalized spacial score (nSPS) is 12.8. The van der Waals surface area contributed by atoms with Crippen molar-refractivity contribution in [1.82, 2.24) is 10.6 Å². The molecule has 1 aromatic carbocycles. The van der Waals surface area contributed by atoms with Crippen LogP contribution >= 0.6 is 0 Å². The van der Waals surface area contributed by atoms with Gasteiger partial charge in [-0.3, -0.25) is 0 Å². The quantitative estimate of drug-likeness (QED) is 0.638. The van der Waals surface area contributed by atoms with Crippen molar-refractivity contribution < 1.29 is 14.6 Å². The number of terminal acetylenes is 1. The summed E-state index contributed by atoms with van der Waals surface area (Å²) in [5.41, 5.74) is 1.10. The Morgan fingerprint density at radius 2 is 2.05 bits per heavy atom. The molecule has 0 aromatic heterocycles. The van der Waals surface area contributed by atoms with Gasteiger partial charge in [0, 0.05) is 19.2 Å². The Morgan fingerprint density at radius 3 is 2.64 bits per heavy atom. The minimum atomic E-state index is -0.221. The van der Waals surface area contributed by atoms with Crippen LogP contribution in [-0.2, 0) is 6.42 Å². The highest BCUT2D eigenvalue weighted by molar-refractivity contribution is 5.74. The van der Waals surface area contributed by atoms with Crippen LogP contribution in [0.15, 0.2) is 24.3 Å². The first kappa shape index (κ1) is 17.9. The molecule has 0 fully saturated rings. The average molecular weight is 304 g/mol. The Balaban J connectivity index is 2.29. The summed E-state index contributed by atoms with van der Waals surface area (Å²) in [6.45, 7) is 4.60. The second-order valence-electron chi connectivity index (χ2n) is 5.24. The van der Waals surface area contributed by atoms with E-state index < -0.39 is 0 Å². The molecule has 0 saturated heterocycles. The zero-order valence-electron chi connectivity index (χ0n) is 13.1. The van der Waals surface area contributed by atoms with E-state index in [0.29, 0.717) is 6.54 Å². The van der Waals surface area contributed by atoms with Crippen LogP contribution < -0.4 is 15.4 Å². The summed E-state index contributed by atoms with van der Waals surface area (Å²) in [6.07, 6.45) is 5.86.